The number of aromatic nitrogens is 2. The van der Waals surface area contributed by atoms with Crippen molar-refractivity contribution in [2.75, 3.05) is 12.4 Å². The highest BCUT2D eigenvalue weighted by Crippen LogP contribution is 2.29. The van der Waals surface area contributed by atoms with E-state index in [1.807, 2.05) is 19.1 Å². The van der Waals surface area contributed by atoms with E-state index in [0.717, 1.165) is 5.69 Å². The SMILES string of the molecule is CCc1nn(C)cc1C(Nc1ccccc1OC)C(=O)O. The summed E-state index contributed by atoms with van der Waals surface area (Å²) in [5.41, 5.74) is 2.07. The molecule has 1 heterocycles. The molecule has 0 aliphatic heterocycles. The van der Waals surface area contributed by atoms with Gasteiger partial charge in [0.15, 0.2) is 6.04 Å². The van der Waals surface area contributed by atoms with Gasteiger partial charge in [-0.15, -0.1) is 0 Å². The summed E-state index contributed by atoms with van der Waals surface area (Å²) in [5.74, 6) is -0.353. The van der Waals surface area contributed by atoms with Crippen molar-refractivity contribution in [1.29, 1.82) is 0 Å². The lowest BCUT2D eigenvalue weighted by atomic mass is 10.1. The van der Waals surface area contributed by atoms with Gasteiger partial charge >= 0.3 is 5.97 Å². The Morgan fingerprint density at radius 3 is 2.81 bits per heavy atom. The van der Waals surface area contributed by atoms with Crippen LogP contribution in [0.15, 0.2) is 30.5 Å². The van der Waals surface area contributed by atoms with E-state index in [1.54, 1.807) is 37.2 Å². The number of carbonyl (C=O) groups is 1. The number of aryl methyl sites for hydroxylation is 2. The summed E-state index contributed by atoms with van der Waals surface area (Å²) in [4.78, 5) is 11.6. The first-order valence-corrected chi connectivity index (χ1v) is 6.71. The molecule has 1 unspecified atom stereocenters. The molecule has 0 amide bonds. The Morgan fingerprint density at radius 1 is 1.48 bits per heavy atom. The first-order chi connectivity index (χ1) is 10.1. The van der Waals surface area contributed by atoms with Crippen LogP contribution in [0.1, 0.15) is 24.2 Å². The van der Waals surface area contributed by atoms with Gasteiger partial charge in [-0.3, -0.25) is 4.68 Å². The molecule has 1 atom stereocenters. The highest BCUT2D eigenvalue weighted by molar-refractivity contribution is 5.80. The lowest BCUT2D eigenvalue weighted by molar-refractivity contribution is -0.138. The third-order valence-corrected chi connectivity index (χ3v) is 3.24. The molecule has 112 valence electrons. The summed E-state index contributed by atoms with van der Waals surface area (Å²) in [6, 6.07) is 6.36. The number of benzene rings is 1. The van der Waals surface area contributed by atoms with Crippen LogP contribution in [0.4, 0.5) is 5.69 Å². The molecule has 6 nitrogen and oxygen atoms in total. The van der Waals surface area contributed by atoms with E-state index < -0.39 is 12.0 Å². The molecule has 0 radical (unpaired) electrons. The van der Waals surface area contributed by atoms with Crippen molar-refractivity contribution in [3.63, 3.8) is 0 Å². The van der Waals surface area contributed by atoms with E-state index in [9.17, 15) is 9.90 Å². The highest BCUT2D eigenvalue weighted by atomic mass is 16.5. The Morgan fingerprint density at radius 2 is 2.19 bits per heavy atom. The maximum absolute atomic E-state index is 11.6. The minimum absolute atomic E-state index is 0.602. The zero-order chi connectivity index (χ0) is 15.4. The largest absolute Gasteiger partial charge is 0.495 e. The summed E-state index contributed by atoms with van der Waals surface area (Å²) in [7, 11) is 3.34. The monoisotopic (exact) mass is 289 g/mol. The number of nitrogens with one attached hydrogen (secondary N) is 1. The van der Waals surface area contributed by atoms with Crippen LogP contribution in [-0.4, -0.2) is 28.0 Å². The third-order valence-electron chi connectivity index (χ3n) is 3.24. The summed E-state index contributed by atoms with van der Waals surface area (Å²) < 4.78 is 6.88. The molecule has 0 spiro atoms. The topological polar surface area (TPSA) is 76.4 Å². The molecule has 0 fully saturated rings. The van der Waals surface area contributed by atoms with Crippen molar-refractivity contribution >= 4 is 11.7 Å². The quantitative estimate of drug-likeness (QED) is 0.852. The van der Waals surface area contributed by atoms with Crippen LogP contribution in [0.2, 0.25) is 0 Å². The van der Waals surface area contributed by atoms with Gasteiger partial charge in [0.05, 0.1) is 18.5 Å². The molecule has 0 saturated heterocycles. The standard InChI is InChI=1S/C15H19N3O3/c1-4-11-10(9-18(2)17-11)14(15(19)20)16-12-7-5-6-8-13(12)21-3/h5-9,14,16H,4H2,1-3H3,(H,19,20). The number of carboxylic acids is 1. The second kappa shape index (κ2) is 6.30. The third kappa shape index (κ3) is 3.16. The average Bonchev–Trinajstić information content (AvgIpc) is 2.85. The molecule has 2 rings (SSSR count). The molecule has 0 aliphatic rings. The fourth-order valence-electron chi connectivity index (χ4n) is 2.26. The van der Waals surface area contributed by atoms with E-state index in [4.69, 9.17) is 4.74 Å². The maximum atomic E-state index is 11.6. The fourth-order valence-corrected chi connectivity index (χ4v) is 2.26. The van der Waals surface area contributed by atoms with E-state index in [2.05, 4.69) is 10.4 Å². The van der Waals surface area contributed by atoms with Crippen molar-refractivity contribution in [2.24, 2.45) is 7.05 Å². The van der Waals surface area contributed by atoms with Crippen LogP contribution in [0, 0.1) is 0 Å². The Kier molecular flexibility index (Phi) is 4.47. The molecule has 0 bridgehead atoms. The summed E-state index contributed by atoms with van der Waals surface area (Å²) in [5, 5.41) is 16.9. The number of nitrogens with zero attached hydrogens (tertiary/aromatic N) is 2. The molecule has 21 heavy (non-hydrogen) atoms. The summed E-state index contributed by atoms with van der Waals surface area (Å²) in [6.45, 7) is 1.95. The van der Waals surface area contributed by atoms with Gasteiger partial charge in [0.2, 0.25) is 0 Å². The highest BCUT2D eigenvalue weighted by Gasteiger charge is 2.25. The molecule has 1 aromatic heterocycles. The minimum atomic E-state index is -0.955. The Labute approximate surface area is 123 Å². The molecule has 0 aliphatic carbocycles. The van der Waals surface area contributed by atoms with Crippen LogP contribution in [0.5, 0.6) is 5.75 Å². The molecule has 6 heteroatoms. The predicted octanol–water partition coefficient (Wildman–Crippen LogP) is 2.23. The van der Waals surface area contributed by atoms with Gasteiger partial charge in [0.1, 0.15) is 5.75 Å². The molecule has 2 N–H and O–H groups in total. The molecule has 0 saturated carbocycles. The van der Waals surface area contributed by atoms with Crippen molar-refractivity contribution < 1.29 is 14.6 Å². The Balaban J connectivity index is 2.38. The van der Waals surface area contributed by atoms with Crippen LogP contribution in [0.25, 0.3) is 0 Å². The lowest BCUT2D eigenvalue weighted by Gasteiger charge is -2.17. The van der Waals surface area contributed by atoms with Gasteiger partial charge in [-0.25, -0.2) is 4.79 Å². The maximum Gasteiger partial charge on any atom is 0.330 e. The number of methoxy groups -OCH3 is 1. The zero-order valence-electron chi connectivity index (χ0n) is 12.3. The summed E-state index contributed by atoms with van der Waals surface area (Å²) in [6.07, 6.45) is 2.41. The molecular weight excluding hydrogens is 270 g/mol. The van der Waals surface area contributed by atoms with Crippen LogP contribution >= 0.6 is 0 Å². The average molecular weight is 289 g/mol. The van der Waals surface area contributed by atoms with Crippen molar-refractivity contribution in [2.45, 2.75) is 19.4 Å². The van der Waals surface area contributed by atoms with Gasteiger partial charge in [-0.05, 0) is 18.6 Å². The van der Waals surface area contributed by atoms with Crippen molar-refractivity contribution in [3.8, 4) is 5.75 Å². The minimum Gasteiger partial charge on any atom is -0.495 e. The number of anilines is 1. The van der Waals surface area contributed by atoms with Crippen molar-refractivity contribution in [3.05, 3.63) is 41.7 Å². The fraction of sp³-hybridized carbons (Fsp3) is 0.333. The predicted molar refractivity (Wildman–Crippen MR) is 79.6 cm³/mol. The van der Waals surface area contributed by atoms with E-state index >= 15 is 0 Å². The molecular formula is C15H19N3O3. The number of hydrogen-bond donors (Lipinski definition) is 2. The first-order valence-electron chi connectivity index (χ1n) is 6.71. The zero-order valence-corrected chi connectivity index (χ0v) is 12.3. The van der Waals surface area contributed by atoms with E-state index in [0.29, 0.717) is 23.4 Å². The van der Waals surface area contributed by atoms with Crippen LogP contribution in [0.3, 0.4) is 0 Å². The second-order valence-electron chi connectivity index (χ2n) is 4.67. The molecule has 2 aromatic rings. The number of carboxylic acid groups (broad SMARTS) is 1. The van der Waals surface area contributed by atoms with Gasteiger partial charge in [-0.2, -0.15) is 5.10 Å². The Hall–Kier alpha value is -2.50. The second-order valence-corrected chi connectivity index (χ2v) is 4.67. The van der Waals surface area contributed by atoms with E-state index in [-0.39, 0.29) is 0 Å². The van der Waals surface area contributed by atoms with Crippen molar-refractivity contribution in [1.82, 2.24) is 9.78 Å². The number of hydrogen-bond acceptors (Lipinski definition) is 4. The smallest absolute Gasteiger partial charge is 0.330 e. The molecule has 1 aromatic carbocycles. The van der Waals surface area contributed by atoms with Crippen LogP contribution in [-0.2, 0) is 18.3 Å². The van der Waals surface area contributed by atoms with Gasteiger partial charge < -0.3 is 15.2 Å². The summed E-state index contributed by atoms with van der Waals surface area (Å²) >= 11 is 0. The van der Waals surface area contributed by atoms with Gasteiger partial charge in [0, 0.05) is 18.8 Å². The van der Waals surface area contributed by atoms with Gasteiger partial charge in [0.25, 0.3) is 0 Å². The first kappa shape index (κ1) is 14.9. The number of para-hydroxylation sites is 2. The normalized spacial score (nSPS) is 12.0. The van der Waals surface area contributed by atoms with Gasteiger partial charge in [-0.1, -0.05) is 19.1 Å². The number of rotatable bonds is 6. The number of ether oxygens (including phenoxy) is 1. The lowest BCUT2D eigenvalue weighted by Crippen LogP contribution is -2.21. The number of aliphatic carboxylic acids is 1. The van der Waals surface area contributed by atoms with E-state index in [1.165, 1.54) is 0 Å². The van der Waals surface area contributed by atoms with Crippen LogP contribution < -0.4 is 10.1 Å². The Bertz CT molecular complexity index is 637.